The van der Waals surface area contributed by atoms with E-state index in [2.05, 4.69) is 28.8 Å². The van der Waals surface area contributed by atoms with Crippen LogP contribution in [0.1, 0.15) is 29.9 Å². The van der Waals surface area contributed by atoms with Crippen molar-refractivity contribution in [3.8, 4) is 0 Å². The first kappa shape index (κ1) is 22.3. The number of benzene rings is 1. The summed E-state index contributed by atoms with van der Waals surface area (Å²) in [5, 5.41) is 4.81. The molecule has 2 aromatic heterocycles. The van der Waals surface area contributed by atoms with Gasteiger partial charge in [0.25, 0.3) is 5.91 Å². The highest BCUT2D eigenvalue weighted by atomic mass is 35.5. The predicted molar refractivity (Wildman–Crippen MR) is 114 cm³/mol. The summed E-state index contributed by atoms with van der Waals surface area (Å²) in [4.78, 5) is 21.5. The Morgan fingerprint density at radius 2 is 1.96 bits per heavy atom. The molecule has 0 fully saturated rings. The Hall–Kier alpha value is -2.03. The maximum absolute atomic E-state index is 14.1. The summed E-state index contributed by atoms with van der Waals surface area (Å²) in [7, 11) is 1.79. The van der Waals surface area contributed by atoms with Crippen LogP contribution >= 0.6 is 23.7 Å². The van der Waals surface area contributed by atoms with Crippen molar-refractivity contribution in [3.63, 3.8) is 0 Å². The first-order chi connectivity index (χ1) is 12.9. The summed E-state index contributed by atoms with van der Waals surface area (Å²) < 4.78 is 16.4. The number of carbonyl (C=O) groups excluding carboxylic acids is 1. The number of nitrogens with zero attached hydrogens (tertiary/aromatic N) is 5. The molecule has 1 aromatic carbocycles. The Morgan fingerprint density at radius 1 is 1.25 bits per heavy atom. The van der Waals surface area contributed by atoms with Gasteiger partial charge in [0, 0.05) is 31.9 Å². The SMILES string of the molecule is CCN(CC)CCN(C(=O)c1nn(C)cc1C)c1nc2c(F)cccc2s1.Cl. The molecule has 6 nitrogen and oxygen atoms in total. The summed E-state index contributed by atoms with van der Waals surface area (Å²) in [6, 6.07) is 4.86. The van der Waals surface area contributed by atoms with E-state index in [4.69, 9.17) is 0 Å². The standard InChI is InChI=1S/C19H24FN5OS.ClH/c1-5-24(6-2)10-11-25(18(26)16-13(3)12-23(4)22-16)19-21-17-14(20)8-7-9-15(17)27-19;/h7-9,12H,5-6,10-11H2,1-4H3;1H. The minimum Gasteiger partial charge on any atom is -0.302 e. The smallest absolute Gasteiger partial charge is 0.280 e. The van der Waals surface area contributed by atoms with E-state index < -0.39 is 0 Å². The molecule has 152 valence electrons. The van der Waals surface area contributed by atoms with Crippen molar-refractivity contribution in [2.24, 2.45) is 7.05 Å². The van der Waals surface area contributed by atoms with Crippen LogP contribution in [0.3, 0.4) is 0 Å². The second-order valence-corrected chi connectivity index (χ2v) is 7.41. The van der Waals surface area contributed by atoms with Crippen LogP contribution in [0, 0.1) is 12.7 Å². The van der Waals surface area contributed by atoms with Gasteiger partial charge in [0.05, 0.1) is 4.70 Å². The maximum atomic E-state index is 14.1. The molecule has 3 aromatic rings. The van der Waals surface area contributed by atoms with E-state index in [0.717, 1.165) is 23.4 Å². The average Bonchev–Trinajstić information content (AvgIpc) is 3.22. The van der Waals surface area contributed by atoms with Gasteiger partial charge in [0.2, 0.25) is 0 Å². The Kier molecular flexibility index (Phi) is 7.51. The van der Waals surface area contributed by atoms with Crippen molar-refractivity contribution >= 4 is 45.0 Å². The van der Waals surface area contributed by atoms with Gasteiger partial charge in [0.15, 0.2) is 10.8 Å². The number of likely N-dealkylation sites (N-methyl/N-ethyl adjacent to an activating group) is 1. The van der Waals surface area contributed by atoms with Gasteiger partial charge in [-0.3, -0.25) is 14.4 Å². The molecule has 0 bridgehead atoms. The highest BCUT2D eigenvalue weighted by molar-refractivity contribution is 7.22. The Morgan fingerprint density at radius 3 is 2.54 bits per heavy atom. The monoisotopic (exact) mass is 425 g/mol. The van der Waals surface area contributed by atoms with E-state index >= 15 is 0 Å². The van der Waals surface area contributed by atoms with Gasteiger partial charge < -0.3 is 4.90 Å². The van der Waals surface area contributed by atoms with Gasteiger partial charge in [-0.2, -0.15) is 5.10 Å². The highest BCUT2D eigenvalue weighted by Gasteiger charge is 2.25. The molecule has 0 saturated carbocycles. The van der Waals surface area contributed by atoms with E-state index in [-0.39, 0.29) is 24.1 Å². The van der Waals surface area contributed by atoms with Crippen LogP contribution in [0.25, 0.3) is 10.2 Å². The van der Waals surface area contributed by atoms with Gasteiger partial charge >= 0.3 is 0 Å². The molecule has 0 aliphatic heterocycles. The molecule has 3 rings (SSSR count). The number of rotatable bonds is 7. The average molecular weight is 426 g/mol. The summed E-state index contributed by atoms with van der Waals surface area (Å²) in [6.45, 7) is 9.02. The molecule has 9 heteroatoms. The van der Waals surface area contributed by atoms with Crippen molar-refractivity contribution in [2.45, 2.75) is 20.8 Å². The Bertz CT molecular complexity index is 953. The number of hydrogen-bond donors (Lipinski definition) is 0. The quantitative estimate of drug-likeness (QED) is 0.576. The van der Waals surface area contributed by atoms with Gasteiger partial charge in [-0.25, -0.2) is 9.37 Å². The summed E-state index contributed by atoms with van der Waals surface area (Å²) >= 11 is 1.32. The molecular formula is C19H25ClFN5OS. The number of halogens is 2. The molecule has 28 heavy (non-hydrogen) atoms. The molecular weight excluding hydrogens is 401 g/mol. The van der Waals surface area contributed by atoms with Crippen LogP contribution in [0.2, 0.25) is 0 Å². The second kappa shape index (κ2) is 9.45. The van der Waals surface area contributed by atoms with E-state index in [1.165, 1.54) is 17.4 Å². The third-order valence-corrected chi connectivity index (χ3v) is 5.63. The lowest BCUT2D eigenvalue weighted by molar-refractivity contribution is 0.0977. The summed E-state index contributed by atoms with van der Waals surface area (Å²) in [5.74, 6) is -0.583. The van der Waals surface area contributed by atoms with E-state index in [1.807, 2.05) is 19.2 Å². The van der Waals surface area contributed by atoms with Crippen LogP contribution in [0.15, 0.2) is 24.4 Å². The zero-order valence-electron chi connectivity index (χ0n) is 16.5. The van der Waals surface area contributed by atoms with Crippen LogP contribution < -0.4 is 4.90 Å². The zero-order chi connectivity index (χ0) is 19.6. The minimum atomic E-state index is -0.375. The molecule has 0 radical (unpaired) electrons. The van der Waals surface area contributed by atoms with Crippen molar-refractivity contribution in [1.29, 1.82) is 0 Å². The first-order valence-corrected chi connectivity index (χ1v) is 9.85. The molecule has 0 N–H and O–H groups in total. The normalized spacial score (nSPS) is 11.1. The molecule has 0 saturated heterocycles. The Balaban J connectivity index is 0.00000280. The topological polar surface area (TPSA) is 54.3 Å². The fourth-order valence-electron chi connectivity index (χ4n) is 3.03. The van der Waals surface area contributed by atoms with Gasteiger partial charge in [-0.05, 0) is 32.1 Å². The largest absolute Gasteiger partial charge is 0.302 e. The van der Waals surface area contributed by atoms with Crippen LogP contribution in [0.4, 0.5) is 9.52 Å². The number of fused-ring (bicyclic) bond motifs is 1. The molecule has 0 spiro atoms. The number of carbonyl (C=O) groups is 1. The zero-order valence-corrected chi connectivity index (χ0v) is 18.1. The van der Waals surface area contributed by atoms with E-state index in [9.17, 15) is 9.18 Å². The third-order valence-electron chi connectivity index (χ3n) is 4.58. The number of aryl methyl sites for hydroxylation is 2. The van der Waals surface area contributed by atoms with Crippen LogP contribution in [-0.4, -0.2) is 51.8 Å². The van der Waals surface area contributed by atoms with Gasteiger partial charge in [-0.15, -0.1) is 12.4 Å². The fraction of sp³-hybridized carbons (Fsp3) is 0.421. The number of aromatic nitrogens is 3. The molecule has 0 aliphatic rings. The predicted octanol–water partition coefficient (Wildman–Crippen LogP) is 3.89. The van der Waals surface area contributed by atoms with Crippen molar-refractivity contribution in [2.75, 3.05) is 31.1 Å². The van der Waals surface area contributed by atoms with E-state index in [1.54, 1.807) is 22.7 Å². The molecule has 0 unspecified atom stereocenters. The number of hydrogen-bond acceptors (Lipinski definition) is 5. The van der Waals surface area contributed by atoms with Gasteiger partial charge in [-0.1, -0.05) is 31.3 Å². The number of para-hydroxylation sites is 1. The molecule has 0 aliphatic carbocycles. The third kappa shape index (κ3) is 4.51. The summed E-state index contributed by atoms with van der Waals surface area (Å²) in [5.41, 5.74) is 1.51. The second-order valence-electron chi connectivity index (χ2n) is 6.40. The number of anilines is 1. The van der Waals surface area contributed by atoms with Crippen molar-refractivity contribution in [3.05, 3.63) is 41.5 Å². The number of amides is 1. The van der Waals surface area contributed by atoms with Gasteiger partial charge in [0.1, 0.15) is 11.3 Å². The summed E-state index contributed by atoms with van der Waals surface area (Å²) in [6.07, 6.45) is 1.81. The fourth-order valence-corrected chi connectivity index (χ4v) is 4.03. The molecule has 1 amide bonds. The minimum absolute atomic E-state index is 0. The maximum Gasteiger partial charge on any atom is 0.280 e. The lowest BCUT2D eigenvalue weighted by Crippen LogP contribution is -2.39. The van der Waals surface area contributed by atoms with Crippen LogP contribution in [-0.2, 0) is 7.05 Å². The lowest BCUT2D eigenvalue weighted by Gasteiger charge is -2.24. The van der Waals surface area contributed by atoms with Crippen molar-refractivity contribution < 1.29 is 9.18 Å². The number of thiazole rings is 1. The van der Waals surface area contributed by atoms with E-state index in [0.29, 0.717) is 29.4 Å². The first-order valence-electron chi connectivity index (χ1n) is 9.04. The molecule has 0 atom stereocenters. The lowest BCUT2D eigenvalue weighted by atomic mass is 10.2. The highest BCUT2D eigenvalue weighted by Crippen LogP contribution is 2.31. The molecule has 2 heterocycles. The van der Waals surface area contributed by atoms with Crippen LogP contribution in [0.5, 0.6) is 0 Å². The Labute approximate surface area is 174 Å². The van der Waals surface area contributed by atoms with Crippen molar-refractivity contribution in [1.82, 2.24) is 19.7 Å².